The third-order valence-electron chi connectivity index (χ3n) is 6.18. The van der Waals surface area contributed by atoms with Gasteiger partial charge in [-0.1, -0.05) is 57.5 Å². The van der Waals surface area contributed by atoms with Crippen LogP contribution >= 0.6 is 0 Å². The summed E-state index contributed by atoms with van der Waals surface area (Å²) in [6.45, 7) is 6.65. The van der Waals surface area contributed by atoms with Crippen LogP contribution in [0.25, 0.3) is 0 Å². The first-order valence-electron chi connectivity index (χ1n) is 9.17. The number of hydroxylamine groups is 2. The standard InChI is InChI=1S/C20H30N2O2/c1-14(2)17-11-10-15(3)13-20(17)21(4)19(23)18(22(20)24)12-16-8-6-5-7-9-16/h5-9,14-15,17-18,24H,10-13H2,1-4H3/t15-,17+,18-,20+/m1/s1. The molecular formula is C20H30N2O2. The molecule has 24 heavy (non-hydrogen) atoms. The number of rotatable bonds is 3. The Morgan fingerprint density at radius 1 is 1.25 bits per heavy atom. The van der Waals surface area contributed by atoms with E-state index in [4.69, 9.17) is 0 Å². The van der Waals surface area contributed by atoms with E-state index in [2.05, 4.69) is 20.8 Å². The number of amides is 1. The van der Waals surface area contributed by atoms with Crippen molar-refractivity contribution in [3.63, 3.8) is 0 Å². The molecule has 4 heteroatoms. The first-order chi connectivity index (χ1) is 11.4. The molecule has 1 aromatic rings. The quantitative estimate of drug-likeness (QED) is 0.922. The lowest BCUT2D eigenvalue weighted by molar-refractivity contribution is -0.242. The second-order valence-corrected chi connectivity index (χ2v) is 8.06. The monoisotopic (exact) mass is 330 g/mol. The van der Waals surface area contributed by atoms with Gasteiger partial charge in [-0.15, -0.1) is 0 Å². The minimum atomic E-state index is -0.553. The van der Waals surface area contributed by atoms with Crippen LogP contribution in [0, 0.1) is 17.8 Å². The molecule has 1 aliphatic heterocycles. The number of hydrogen-bond donors (Lipinski definition) is 1. The molecular weight excluding hydrogens is 300 g/mol. The molecule has 1 spiro atoms. The van der Waals surface area contributed by atoms with Crippen LogP contribution in [0.2, 0.25) is 0 Å². The van der Waals surface area contributed by atoms with E-state index in [1.807, 2.05) is 42.3 Å². The fourth-order valence-corrected chi connectivity index (χ4v) is 4.93. The highest BCUT2D eigenvalue weighted by Crippen LogP contribution is 2.49. The summed E-state index contributed by atoms with van der Waals surface area (Å²) in [5.41, 5.74) is 0.535. The van der Waals surface area contributed by atoms with Gasteiger partial charge in [-0.3, -0.25) is 4.79 Å². The molecule has 4 nitrogen and oxygen atoms in total. The summed E-state index contributed by atoms with van der Waals surface area (Å²) in [4.78, 5) is 14.8. The van der Waals surface area contributed by atoms with Gasteiger partial charge in [-0.25, -0.2) is 0 Å². The first kappa shape index (κ1) is 17.4. The van der Waals surface area contributed by atoms with Crippen molar-refractivity contribution in [2.75, 3.05) is 7.05 Å². The Kier molecular flexibility index (Phi) is 4.71. The van der Waals surface area contributed by atoms with Crippen molar-refractivity contribution in [3.05, 3.63) is 35.9 Å². The van der Waals surface area contributed by atoms with E-state index in [1.54, 1.807) is 0 Å². The minimum absolute atomic E-state index is 0.0427. The summed E-state index contributed by atoms with van der Waals surface area (Å²) >= 11 is 0. The molecule has 1 aromatic carbocycles. The highest BCUT2D eigenvalue weighted by Gasteiger charge is 2.60. The fraction of sp³-hybridized carbons (Fsp3) is 0.650. The lowest BCUT2D eigenvalue weighted by Crippen LogP contribution is -2.61. The van der Waals surface area contributed by atoms with Crippen molar-refractivity contribution >= 4 is 5.91 Å². The predicted molar refractivity (Wildman–Crippen MR) is 94.4 cm³/mol. The largest absolute Gasteiger partial charge is 0.323 e. The molecule has 1 heterocycles. The summed E-state index contributed by atoms with van der Waals surface area (Å²) in [5, 5.41) is 12.6. The molecule has 0 radical (unpaired) electrons. The Bertz CT molecular complexity index is 589. The van der Waals surface area contributed by atoms with E-state index >= 15 is 0 Å². The lowest BCUT2D eigenvalue weighted by atomic mass is 9.69. The van der Waals surface area contributed by atoms with Gasteiger partial charge in [0, 0.05) is 13.0 Å². The molecule has 1 amide bonds. The van der Waals surface area contributed by atoms with Crippen LogP contribution in [0.1, 0.15) is 45.6 Å². The van der Waals surface area contributed by atoms with E-state index in [9.17, 15) is 10.0 Å². The Hall–Kier alpha value is -1.39. The summed E-state index contributed by atoms with van der Waals surface area (Å²) in [5.74, 6) is 1.28. The normalized spacial score (nSPS) is 34.5. The fourth-order valence-electron chi connectivity index (χ4n) is 4.93. The highest BCUT2D eigenvalue weighted by atomic mass is 16.5. The number of hydrogen-bond acceptors (Lipinski definition) is 3. The van der Waals surface area contributed by atoms with Crippen LogP contribution in [0.3, 0.4) is 0 Å². The van der Waals surface area contributed by atoms with Crippen molar-refractivity contribution in [2.45, 2.75) is 58.2 Å². The smallest absolute Gasteiger partial charge is 0.244 e. The minimum Gasteiger partial charge on any atom is -0.323 e. The Labute approximate surface area is 145 Å². The molecule has 2 aliphatic rings. The second kappa shape index (κ2) is 6.49. The second-order valence-electron chi connectivity index (χ2n) is 8.06. The topological polar surface area (TPSA) is 43.8 Å². The van der Waals surface area contributed by atoms with E-state index in [-0.39, 0.29) is 5.91 Å². The molecule has 1 saturated carbocycles. The predicted octanol–water partition coefficient (Wildman–Crippen LogP) is 3.55. The van der Waals surface area contributed by atoms with Crippen molar-refractivity contribution in [3.8, 4) is 0 Å². The molecule has 0 bridgehead atoms. The van der Waals surface area contributed by atoms with Crippen LogP contribution in [0.5, 0.6) is 0 Å². The Balaban J connectivity index is 1.94. The van der Waals surface area contributed by atoms with Gasteiger partial charge in [0.15, 0.2) is 0 Å². The van der Waals surface area contributed by atoms with Gasteiger partial charge in [0.05, 0.1) is 0 Å². The van der Waals surface area contributed by atoms with Crippen LogP contribution in [-0.2, 0) is 11.2 Å². The maximum absolute atomic E-state index is 13.0. The Morgan fingerprint density at radius 3 is 2.54 bits per heavy atom. The van der Waals surface area contributed by atoms with Crippen molar-refractivity contribution in [1.29, 1.82) is 0 Å². The zero-order valence-corrected chi connectivity index (χ0v) is 15.3. The molecule has 2 fully saturated rings. The molecule has 3 rings (SSSR count). The van der Waals surface area contributed by atoms with E-state index in [1.165, 1.54) is 11.5 Å². The number of carbonyl (C=O) groups is 1. The van der Waals surface area contributed by atoms with E-state index < -0.39 is 11.7 Å². The molecule has 1 N–H and O–H groups in total. The highest BCUT2D eigenvalue weighted by molar-refractivity contribution is 5.85. The van der Waals surface area contributed by atoms with Gasteiger partial charge in [0.25, 0.3) is 0 Å². The van der Waals surface area contributed by atoms with Gasteiger partial charge in [0.2, 0.25) is 5.91 Å². The molecule has 0 unspecified atom stereocenters. The molecule has 1 saturated heterocycles. The van der Waals surface area contributed by atoms with Crippen LogP contribution in [-0.4, -0.2) is 39.8 Å². The third-order valence-corrected chi connectivity index (χ3v) is 6.18. The maximum atomic E-state index is 13.0. The molecule has 0 aromatic heterocycles. The summed E-state index contributed by atoms with van der Waals surface area (Å²) in [7, 11) is 1.88. The zero-order chi connectivity index (χ0) is 17.5. The number of likely N-dealkylation sites (N-methyl/N-ethyl adjacent to an activating group) is 1. The zero-order valence-electron chi connectivity index (χ0n) is 15.3. The molecule has 132 valence electrons. The SMILES string of the molecule is CC(C)[C@@H]1CC[C@@H](C)C[C@@]12N(C)C(=O)[C@@H](Cc1ccccc1)N2O. The van der Waals surface area contributed by atoms with Gasteiger partial charge in [-0.2, -0.15) is 5.06 Å². The first-order valence-corrected chi connectivity index (χ1v) is 9.17. The van der Waals surface area contributed by atoms with Crippen LogP contribution in [0.4, 0.5) is 0 Å². The number of benzene rings is 1. The van der Waals surface area contributed by atoms with Crippen molar-refractivity contribution in [1.82, 2.24) is 9.96 Å². The van der Waals surface area contributed by atoms with Gasteiger partial charge >= 0.3 is 0 Å². The van der Waals surface area contributed by atoms with Crippen molar-refractivity contribution < 1.29 is 10.0 Å². The Morgan fingerprint density at radius 2 is 1.92 bits per heavy atom. The van der Waals surface area contributed by atoms with Crippen molar-refractivity contribution in [2.24, 2.45) is 17.8 Å². The summed E-state index contributed by atoms with van der Waals surface area (Å²) < 4.78 is 0. The lowest BCUT2D eigenvalue weighted by Gasteiger charge is -2.51. The van der Waals surface area contributed by atoms with Gasteiger partial charge < -0.3 is 10.1 Å². The summed E-state index contributed by atoms with van der Waals surface area (Å²) in [6.07, 6.45) is 3.64. The number of carbonyl (C=O) groups excluding carboxylic acids is 1. The molecule has 4 atom stereocenters. The average Bonchev–Trinajstić information content (AvgIpc) is 2.72. The van der Waals surface area contributed by atoms with Gasteiger partial charge in [-0.05, 0) is 36.7 Å². The van der Waals surface area contributed by atoms with Crippen LogP contribution in [0.15, 0.2) is 30.3 Å². The van der Waals surface area contributed by atoms with Gasteiger partial charge in [0.1, 0.15) is 11.7 Å². The average molecular weight is 330 g/mol. The maximum Gasteiger partial charge on any atom is 0.244 e. The van der Waals surface area contributed by atoms with E-state index in [0.717, 1.165) is 18.4 Å². The third kappa shape index (κ3) is 2.66. The summed E-state index contributed by atoms with van der Waals surface area (Å²) in [6, 6.07) is 9.50. The molecule has 1 aliphatic carbocycles. The van der Waals surface area contributed by atoms with E-state index in [0.29, 0.717) is 24.2 Å². The van der Waals surface area contributed by atoms with Crippen LogP contribution < -0.4 is 0 Å². The number of nitrogens with zero attached hydrogens (tertiary/aromatic N) is 2.